The molecule has 0 aliphatic carbocycles. The lowest BCUT2D eigenvalue weighted by atomic mass is 10.00. The molecule has 0 radical (unpaired) electrons. The molecule has 3 aliphatic heterocycles. The largest absolute Gasteiger partial charge is 0.348 e. The van der Waals surface area contributed by atoms with E-state index in [0.29, 0.717) is 6.04 Å². The highest BCUT2D eigenvalue weighted by Gasteiger charge is 2.29. The molecule has 2 aromatic heterocycles. The van der Waals surface area contributed by atoms with Crippen LogP contribution < -0.4 is 10.2 Å². The number of benzene rings is 1. The number of anilines is 1. The molecule has 0 saturated carbocycles. The van der Waals surface area contributed by atoms with Crippen LogP contribution in [-0.4, -0.2) is 58.3 Å². The Kier molecular flexibility index (Phi) is 5.60. The molecule has 6 nitrogen and oxygen atoms in total. The maximum absolute atomic E-state index is 13.9. The molecule has 7 heteroatoms. The molecule has 3 aromatic rings. The highest BCUT2D eigenvalue weighted by Crippen LogP contribution is 2.35. The number of fused-ring (bicyclic) bond motifs is 1. The zero-order valence-electron chi connectivity index (χ0n) is 19.0. The fraction of sp³-hybridized carbons (Fsp3) is 0.462. The summed E-state index contributed by atoms with van der Waals surface area (Å²) in [4.78, 5) is 9.60. The van der Waals surface area contributed by atoms with Gasteiger partial charge in [0, 0.05) is 25.7 Å². The van der Waals surface area contributed by atoms with Gasteiger partial charge in [0.05, 0.1) is 17.9 Å². The highest BCUT2D eigenvalue weighted by molar-refractivity contribution is 5.67. The first-order chi connectivity index (χ1) is 16.3. The zero-order valence-corrected chi connectivity index (χ0v) is 19.0. The fourth-order valence-corrected chi connectivity index (χ4v) is 5.77. The molecule has 0 spiro atoms. The molecular formula is C26H31FN6. The van der Waals surface area contributed by atoms with Crippen LogP contribution in [-0.2, 0) is 0 Å². The molecule has 0 bridgehead atoms. The molecule has 3 aliphatic rings. The van der Waals surface area contributed by atoms with Gasteiger partial charge in [-0.05, 0) is 80.6 Å². The number of nitrogens with zero attached hydrogens (tertiary/aromatic N) is 5. The summed E-state index contributed by atoms with van der Waals surface area (Å²) in [6.07, 6.45) is 9.93. The molecule has 33 heavy (non-hydrogen) atoms. The third-order valence-electron chi connectivity index (χ3n) is 7.46. The molecule has 1 N–H and O–H groups in total. The van der Waals surface area contributed by atoms with E-state index in [1.54, 1.807) is 12.1 Å². The molecule has 1 atom stereocenters. The zero-order chi connectivity index (χ0) is 22.2. The molecule has 6 rings (SSSR count). The van der Waals surface area contributed by atoms with Gasteiger partial charge in [-0.3, -0.25) is 4.90 Å². The van der Waals surface area contributed by atoms with Gasteiger partial charge in [-0.25, -0.2) is 13.9 Å². The summed E-state index contributed by atoms with van der Waals surface area (Å²) in [7, 11) is 0. The van der Waals surface area contributed by atoms with E-state index in [-0.39, 0.29) is 11.9 Å². The number of imidazole rings is 1. The van der Waals surface area contributed by atoms with Crippen LogP contribution in [0.5, 0.6) is 0 Å². The molecule has 0 amide bonds. The Morgan fingerprint density at radius 1 is 1.03 bits per heavy atom. The van der Waals surface area contributed by atoms with E-state index in [0.717, 1.165) is 74.7 Å². The van der Waals surface area contributed by atoms with E-state index in [4.69, 9.17) is 5.10 Å². The van der Waals surface area contributed by atoms with Gasteiger partial charge >= 0.3 is 0 Å². The van der Waals surface area contributed by atoms with Crippen LogP contribution in [0.25, 0.3) is 11.2 Å². The minimum Gasteiger partial charge on any atom is -0.348 e. The van der Waals surface area contributed by atoms with E-state index in [1.807, 2.05) is 16.8 Å². The second-order valence-corrected chi connectivity index (χ2v) is 9.48. The third-order valence-corrected chi connectivity index (χ3v) is 7.46. The molecule has 5 heterocycles. The van der Waals surface area contributed by atoms with Crippen molar-refractivity contribution in [3.8, 4) is 0 Å². The molecule has 1 aromatic carbocycles. The first-order valence-electron chi connectivity index (χ1n) is 12.3. The Hall–Kier alpha value is -2.77. The van der Waals surface area contributed by atoms with Crippen molar-refractivity contribution in [1.29, 1.82) is 0 Å². The van der Waals surface area contributed by atoms with Crippen LogP contribution >= 0.6 is 0 Å². The minimum absolute atomic E-state index is 0.155. The van der Waals surface area contributed by atoms with Gasteiger partial charge in [-0.2, -0.15) is 0 Å². The number of halogens is 1. The maximum atomic E-state index is 13.9. The number of aromatic nitrogens is 3. The number of hydrogen-bond donors (Lipinski definition) is 1. The summed E-state index contributed by atoms with van der Waals surface area (Å²) in [5, 5.41) is 8.52. The Bertz CT molecular complexity index is 1160. The normalized spacial score (nSPS) is 22.8. The van der Waals surface area contributed by atoms with Gasteiger partial charge in [-0.1, -0.05) is 18.2 Å². The summed E-state index contributed by atoms with van der Waals surface area (Å²) in [6.45, 7) is 5.24. The van der Waals surface area contributed by atoms with Crippen molar-refractivity contribution in [3.63, 3.8) is 0 Å². The molecule has 2 saturated heterocycles. The van der Waals surface area contributed by atoms with Crippen molar-refractivity contribution in [3.05, 3.63) is 65.7 Å². The van der Waals surface area contributed by atoms with Gasteiger partial charge in [0.25, 0.3) is 0 Å². The number of nitrogens with one attached hydrogen (secondary N) is 1. The lowest BCUT2D eigenvalue weighted by Gasteiger charge is -2.37. The van der Waals surface area contributed by atoms with E-state index in [1.165, 1.54) is 24.5 Å². The van der Waals surface area contributed by atoms with Gasteiger partial charge < -0.3 is 10.2 Å². The number of piperidine rings is 1. The predicted octanol–water partition coefficient (Wildman–Crippen LogP) is 4.05. The summed E-state index contributed by atoms with van der Waals surface area (Å²) in [5.41, 5.74) is 4.30. The van der Waals surface area contributed by atoms with Crippen LogP contribution in [0.3, 0.4) is 0 Å². The third kappa shape index (κ3) is 4.04. The van der Waals surface area contributed by atoms with Crippen molar-refractivity contribution in [2.24, 2.45) is 0 Å². The van der Waals surface area contributed by atoms with E-state index in [2.05, 4.69) is 38.3 Å². The number of hydrogen-bond acceptors (Lipinski definition) is 5. The lowest BCUT2D eigenvalue weighted by molar-refractivity contribution is 0.180. The summed E-state index contributed by atoms with van der Waals surface area (Å²) in [5.74, 6) is 0.752. The van der Waals surface area contributed by atoms with Gasteiger partial charge in [0.15, 0.2) is 5.65 Å². The van der Waals surface area contributed by atoms with Gasteiger partial charge in [0.1, 0.15) is 11.6 Å². The van der Waals surface area contributed by atoms with Gasteiger partial charge in [-0.15, -0.1) is 5.10 Å². The summed E-state index contributed by atoms with van der Waals surface area (Å²) >= 11 is 0. The van der Waals surface area contributed by atoms with Crippen LogP contribution in [0.2, 0.25) is 0 Å². The molecule has 1 unspecified atom stereocenters. The summed E-state index contributed by atoms with van der Waals surface area (Å²) in [6, 6.07) is 11.9. The molecular weight excluding hydrogens is 415 g/mol. The SMILES string of the molecule is Fc1cccc(C2CCCN2c2ccc3ncc(C4=CCCN(C5CCNCC5)C4)n3n2)c1. The Morgan fingerprint density at radius 3 is 2.82 bits per heavy atom. The second kappa shape index (κ2) is 8.88. The van der Waals surface area contributed by atoms with Crippen molar-refractivity contribution in [1.82, 2.24) is 24.8 Å². The van der Waals surface area contributed by atoms with E-state index >= 15 is 0 Å². The topological polar surface area (TPSA) is 48.7 Å². The Labute approximate surface area is 194 Å². The average molecular weight is 447 g/mol. The second-order valence-electron chi connectivity index (χ2n) is 9.48. The maximum Gasteiger partial charge on any atom is 0.154 e. The summed E-state index contributed by atoms with van der Waals surface area (Å²) < 4.78 is 15.9. The average Bonchev–Trinajstić information content (AvgIpc) is 3.52. The van der Waals surface area contributed by atoms with Crippen LogP contribution in [0, 0.1) is 5.82 Å². The van der Waals surface area contributed by atoms with E-state index < -0.39 is 0 Å². The first kappa shape index (κ1) is 20.8. The molecule has 2 fully saturated rings. The quantitative estimate of drug-likeness (QED) is 0.655. The lowest BCUT2D eigenvalue weighted by Crippen LogP contribution is -2.45. The Morgan fingerprint density at radius 2 is 1.94 bits per heavy atom. The van der Waals surface area contributed by atoms with Crippen molar-refractivity contribution in [2.45, 2.75) is 44.2 Å². The fourth-order valence-electron chi connectivity index (χ4n) is 5.77. The van der Waals surface area contributed by atoms with Crippen LogP contribution in [0.15, 0.2) is 48.7 Å². The standard InChI is InChI=1S/C26H31FN6/c27-21-6-1-4-19(16-21)23-7-3-15-32(23)26-9-8-25-29-17-24(33(25)30-26)20-5-2-14-31(18-20)22-10-12-28-13-11-22/h1,4-6,8-9,16-17,22-23,28H,2-3,7,10-15,18H2. The Balaban J connectivity index is 1.29. The first-order valence-corrected chi connectivity index (χ1v) is 12.3. The van der Waals surface area contributed by atoms with Gasteiger partial charge in [0.2, 0.25) is 0 Å². The monoisotopic (exact) mass is 446 g/mol. The van der Waals surface area contributed by atoms with Crippen molar-refractivity contribution < 1.29 is 4.39 Å². The van der Waals surface area contributed by atoms with Crippen molar-refractivity contribution in [2.75, 3.05) is 37.6 Å². The number of rotatable bonds is 4. The molecule has 172 valence electrons. The van der Waals surface area contributed by atoms with Crippen molar-refractivity contribution >= 4 is 17.0 Å². The highest BCUT2D eigenvalue weighted by atomic mass is 19.1. The van der Waals surface area contributed by atoms with Crippen LogP contribution in [0.4, 0.5) is 10.2 Å². The van der Waals surface area contributed by atoms with Crippen LogP contribution in [0.1, 0.15) is 49.4 Å². The van der Waals surface area contributed by atoms with E-state index in [9.17, 15) is 4.39 Å². The predicted molar refractivity (Wildman–Crippen MR) is 129 cm³/mol. The smallest absolute Gasteiger partial charge is 0.154 e. The minimum atomic E-state index is -0.179.